The molecule has 0 radical (unpaired) electrons. The van der Waals surface area contributed by atoms with Crippen LogP contribution in [-0.2, 0) is 14.6 Å². The van der Waals surface area contributed by atoms with E-state index in [0.29, 0.717) is 6.29 Å². The molecule has 0 N–H and O–H groups in total. The van der Waals surface area contributed by atoms with Crippen molar-refractivity contribution in [3.8, 4) is 0 Å². The second kappa shape index (κ2) is 4.53. The lowest BCUT2D eigenvalue weighted by molar-refractivity contribution is -0.107. The molecule has 0 atom stereocenters. The van der Waals surface area contributed by atoms with Crippen molar-refractivity contribution in [1.29, 1.82) is 0 Å². The molecule has 0 saturated carbocycles. The lowest BCUT2D eigenvalue weighted by Crippen LogP contribution is -2.07. The molecular formula is C10H11FO3S. The van der Waals surface area contributed by atoms with Gasteiger partial charge in [0.25, 0.3) is 0 Å². The van der Waals surface area contributed by atoms with Crippen molar-refractivity contribution in [3.63, 3.8) is 0 Å². The van der Waals surface area contributed by atoms with Crippen LogP contribution < -0.4 is 0 Å². The number of aryl methyl sites for hydroxylation is 1. The average molecular weight is 230 g/mol. The maximum Gasteiger partial charge on any atom is 0.178 e. The predicted octanol–water partition coefficient (Wildman–Crippen LogP) is 1.50. The van der Waals surface area contributed by atoms with E-state index in [1.165, 1.54) is 19.1 Å². The Balaban J connectivity index is 3.05. The molecular weight excluding hydrogens is 219 g/mol. The lowest BCUT2D eigenvalue weighted by Gasteiger charge is -2.03. The summed E-state index contributed by atoms with van der Waals surface area (Å²) >= 11 is 0. The van der Waals surface area contributed by atoms with E-state index < -0.39 is 15.7 Å². The summed E-state index contributed by atoms with van der Waals surface area (Å²) in [5, 5.41) is 0. The highest BCUT2D eigenvalue weighted by molar-refractivity contribution is 7.91. The normalized spacial score (nSPS) is 11.3. The van der Waals surface area contributed by atoms with Crippen LogP contribution in [-0.4, -0.2) is 20.5 Å². The van der Waals surface area contributed by atoms with Gasteiger partial charge >= 0.3 is 0 Å². The van der Waals surface area contributed by atoms with Crippen LogP contribution in [0.5, 0.6) is 0 Å². The Morgan fingerprint density at radius 2 is 2.07 bits per heavy atom. The zero-order valence-electron chi connectivity index (χ0n) is 8.23. The molecule has 1 rings (SSSR count). The first-order chi connectivity index (χ1) is 6.97. The fourth-order valence-electron chi connectivity index (χ4n) is 1.13. The fraction of sp³-hybridized carbons (Fsp3) is 0.300. The Bertz CT molecular complexity index is 466. The molecule has 82 valence electrons. The fourth-order valence-corrected chi connectivity index (χ4v) is 2.41. The summed E-state index contributed by atoms with van der Waals surface area (Å²) in [6, 6.07) is 3.60. The van der Waals surface area contributed by atoms with Crippen molar-refractivity contribution in [1.82, 2.24) is 0 Å². The molecule has 0 heterocycles. The highest BCUT2D eigenvalue weighted by Gasteiger charge is 2.14. The molecule has 1 aromatic carbocycles. The van der Waals surface area contributed by atoms with Crippen molar-refractivity contribution in [2.24, 2.45) is 0 Å². The average Bonchev–Trinajstić information content (AvgIpc) is 2.19. The Kier molecular flexibility index (Phi) is 3.57. The van der Waals surface area contributed by atoms with Crippen LogP contribution in [0.1, 0.15) is 12.0 Å². The van der Waals surface area contributed by atoms with E-state index in [1.807, 2.05) is 0 Å². The number of hydrogen-bond acceptors (Lipinski definition) is 3. The molecule has 0 amide bonds. The van der Waals surface area contributed by atoms with Crippen LogP contribution in [0.2, 0.25) is 0 Å². The van der Waals surface area contributed by atoms with E-state index in [-0.39, 0.29) is 22.6 Å². The topological polar surface area (TPSA) is 51.2 Å². The summed E-state index contributed by atoms with van der Waals surface area (Å²) < 4.78 is 36.0. The molecule has 0 bridgehead atoms. The van der Waals surface area contributed by atoms with Gasteiger partial charge in [0.15, 0.2) is 9.84 Å². The highest BCUT2D eigenvalue weighted by atomic mass is 32.2. The Morgan fingerprint density at radius 3 is 2.60 bits per heavy atom. The van der Waals surface area contributed by atoms with Crippen LogP contribution in [0.4, 0.5) is 4.39 Å². The van der Waals surface area contributed by atoms with E-state index in [9.17, 15) is 17.6 Å². The summed E-state index contributed by atoms with van der Waals surface area (Å²) in [4.78, 5) is 10.1. The number of carbonyl (C=O) groups is 1. The summed E-state index contributed by atoms with van der Waals surface area (Å²) in [7, 11) is -3.46. The van der Waals surface area contributed by atoms with Gasteiger partial charge in [-0.2, -0.15) is 0 Å². The van der Waals surface area contributed by atoms with Crippen molar-refractivity contribution in [2.75, 3.05) is 5.75 Å². The quantitative estimate of drug-likeness (QED) is 0.581. The van der Waals surface area contributed by atoms with E-state index in [4.69, 9.17) is 0 Å². The Morgan fingerprint density at radius 1 is 1.40 bits per heavy atom. The molecule has 0 aliphatic heterocycles. The standard InChI is InChI=1S/C10H11FO3S/c1-8-7-9(3-4-10(8)11)15(13,14)6-2-5-12/h3-5,7H,2,6H2,1H3. The van der Waals surface area contributed by atoms with Gasteiger partial charge in [-0.05, 0) is 30.7 Å². The largest absolute Gasteiger partial charge is 0.303 e. The number of rotatable bonds is 4. The molecule has 0 unspecified atom stereocenters. The molecule has 1 aromatic rings. The maximum atomic E-state index is 12.9. The zero-order chi connectivity index (χ0) is 11.5. The maximum absolute atomic E-state index is 12.9. The second-order valence-corrected chi connectivity index (χ2v) is 5.29. The van der Waals surface area contributed by atoms with Crippen LogP contribution in [0.15, 0.2) is 23.1 Å². The van der Waals surface area contributed by atoms with Crippen molar-refractivity contribution in [3.05, 3.63) is 29.6 Å². The van der Waals surface area contributed by atoms with Crippen molar-refractivity contribution < 1.29 is 17.6 Å². The first kappa shape index (κ1) is 11.8. The lowest BCUT2D eigenvalue weighted by atomic mass is 10.2. The third-order valence-corrected chi connectivity index (χ3v) is 3.74. The number of hydrogen-bond donors (Lipinski definition) is 0. The van der Waals surface area contributed by atoms with E-state index in [2.05, 4.69) is 0 Å². The SMILES string of the molecule is Cc1cc(S(=O)(=O)CCC=O)ccc1F. The molecule has 3 nitrogen and oxygen atoms in total. The minimum absolute atomic E-state index is 0.0429. The summed E-state index contributed by atoms with van der Waals surface area (Å²) in [6.07, 6.45) is 0.507. The molecule has 15 heavy (non-hydrogen) atoms. The summed E-state index contributed by atoms with van der Waals surface area (Å²) in [5.41, 5.74) is 0.280. The van der Waals surface area contributed by atoms with Crippen LogP contribution in [0, 0.1) is 12.7 Å². The van der Waals surface area contributed by atoms with E-state index in [0.717, 1.165) is 6.07 Å². The minimum Gasteiger partial charge on any atom is -0.303 e. The second-order valence-electron chi connectivity index (χ2n) is 3.19. The van der Waals surface area contributed by atoms with Gasteiger partial charge in [0.2, 0.25) is 0 Å². The van der Waals surface area contributed by atoms with Gasteiger partial charge in [0, 0.05) is 6.42 Å². The van der Waals surface area contributed by atoms with E-state index in [1.54, 1.807) is 0 Å². The summed E-state index contributed by atoms with van der Waals surface area (Å²) in [5.74, 6) is -0.675. The third kappa shape index (κ3) is 2.86. The van der Waals surface area contributed by atoms with Gasteiger partial charge in [0.1, 0.15) is 12.1 Å². The first-order valence-corrected chi connectivity index (χ1v) is 6.05. The molecule has 0 aliphatic carbocycles. The highest BCUT2D eigenvalue weighted by Crippen LogP contribution is 2.15. The molecule has 0 aromatic heterocycles. The van der Waals surface area contributed by atoms with Gasteiger partial charge in [-0.1, -0.05) is 0 Å². The predicted molar refractivity (Wildman–Crippen MR) is 53.9 cm³/mol. The molecule has 0 aliphatic rings. The van der Waals surface area contributed by atoms with Gasteiger partial charge in [-0.25, -0.2) is 12.8 Å². The van der Waals surface area contributed by atoms with Crippen LogP contribution >= 0.6 is 0 Å². The molecule has 5 heteroatoms. The summed E-state index contributed by atoms with van der Waals surface area (Å²) in [6.45, 7) is 1.49. The minimum atomic E-state index is -3.46. The van der Waals surface area contributed by atoms with Gasteiger partial charge in [-0.3, -0.25) is 0 Å². The van der Waals surface area contributed by atoms with Crippen LogP contribution in [0.3, 0.4) is 0 Å². The van der Waals surface area contributed by atoms with Gasteiger partial charge < -0.3 is 4.79 Å². The van der Waals surface area contributed by atoms with E-state index >= 15 is 0 Å². The molecule has 0 saturated heterocycles. The smallest absolute Gasteiger partial charge is 0.178 e. The van der Waals surface area contributed by atoms with Gasteiger partial charge in [0.05, 0.1) is 10.6 Å². The van der Waals surface area contributed by atoms with Crippen molar-refractivity contribution >= 4 is 16.1 Å². The number of carbonyl (C=O) groups excluding carboxylic acids is 1. The van der Waals surface area contributed by atoms with Crippen LogP contribution in [0.25, 0.3) is 0 Å². The molecule has 0 fully saturated rings. The number of benzene rings is 1. The number of sulfone groups is 1. The van der Waals surface area contributed by atoms with Gasteiger partial charge in [-0.15, -0.1) is 0 Å². The zero-order valence-corrected chi connectivity index (χ0v) is 9.05. The first-order valence-electron chi connectivity index (χ1n) is 4.40. The Labute approximate surface area is 87.8 Å². The monoisotopic (exact) mass is 230 g/mol. The third-order valence-electron chi connectivity index (χ3n) is 1.99. The Hall–Kier alpha value is -1.23. The van der Waals surface area contributed by atoms with Crippen molar-refractivity contribution in [2.45, 2.75) is 18.2 Å². The number of halogens is 1. The number of aldehydes is 1. The molecule has 0 spiro atoms.